The summed E-state index contributed by atoms with van der Waals surface area (Å²) in [5, 5.41) is 17.9. The van der Waals surface area contributed by atoms with Gasteiger partial charge < -0.3 is 15.9 Å². The zero-order chi connectivity index (χ0) is 13.2. The van der Waals surface area contributed by atoms with Crippen LogP contribution in [0.25, 0.3) is 0 Å². The lowest BCUT2D eigenvalue weighted by Gasteiger charge is -2.15. The third kappa shape index (κ3) is 4.42. The normalized spacial score (nSPS) is 12.7. The van der Waals surface area contributed by atoms with Crippen molar-refractivity contribution in [2.75, 3.05) is 0 Å². The third-order valence-electron chi connectivity index (χ3n) is 2.13. The molecule has 0 aromatic heterocycles. The lowest BCUT2D eigenvalue weighted by atomic mass is 10.0. The van der Waals surface area contributed by atoms with Gasteiger partial charge in [0.15, 0.2) is 0 Å². The molecule has 0 heterocycles. The minimum absolute atomic E-state index is 0. The predicted octanol–water partition coefficient (Wildman–Crippen LogP) is 2.46. The molecule has 102 valence electrons. The lowest BCUT2D eigenvalue weighted by molar-refractivity contribution is -0.138. The first-order chi connectivity index (χ1) is 7.70. The summed E-state index contributed by atoms with van der Waals surface area (Å²) in [6, 6.07) is 1.76. The Bertz CT molecular complexity index is 437. The van der Waals surface area contributed by atoms with Gasteiger partial charge >= 0.3 is 12.1 Å². The molecule has 4 nitrogen and oxygen atoms in total. The van der Waals surface area contributed by atoms with E-state index < -0.39 is 35.9 Å². The molecule has 8 heteroatoms. The van der Waals surface area contributed by atoms with Crippen LogP contribution in [0.3, 0.4) is 0 Å². The fourth-order valence-electron chi connectivity index (χ4n) is 1.32. The zero-order valence-corrected chi connectivity index (χ0v) is 9.76. The number of aromatic hydroxyl groups is 1. The van der Waals surface area contributed by atoms with Gasteiger partial charge in [-0.2, -0.15) is 13.2 Å². The Morgan fingerprint density at radius 2 is 1.94 bits per heavy atom. The van der Waals surface area contributed by atoms with Crippen molar-refractivity contribution in [2.24, 2.45) is 5.73 Å². The molecule has 1 rings (SSSR count). The Morgan fingerprint density at radius 1 is 1.39 bits per heavy atom. The van der Waals surface area contributed by atoms with Crippen LogP contribution in [0.2, 0.25) is 0 Å². The minimum Gasteiger partial charge on any atom is -0.507 e. The van der Waals surface area contributed by atoms with E-state index in [0.29, 0.717) is 0 Å². The van der Waals surface area contributed by atoms with Crippen molar-refractivity contribution in [1.29, 1.82) is 0 Å². The molecule has 18 heavy (non-hydrogen) atoms. The van der Waals surface area contributed by atoms with Crippen LogP contribution in [0, 0.1) is 0 Å². The van der Waals surface area contributed by atoms with Crippen molar-refractivity contribution in [3.8, 4) is 5.75 Å². The highest BCUT2D eigenvalue weighted by Crippen LogP contribution is 2.29. The van der Waals surface area contributed by atoms with Crippen LogP contribution in [-0.4, -0.2) is 22.4 Å². The molecule has 1 atom stereocenters. The van der Waals surface area contributed by atoms with Crippen molar-refractivity contribution < 1.29 is 28.2 Å². The smallest absolute Gasteiger partial charge is 0.390 e. The molecule has 4 N–H and O–H groups in total. The molecule has 0 aliphatic heterocycles. The molecule has 0 saturated carbocycles. The number of phenols is 1. The number of halogens is 4. The van der Waals surface area contributed by atoms with Gasteiger partial charge in [0.05, 0.1) is 6.42 Å². The number of carbonyl (C=O) groups is 1. The minimum atomic E-state index is -4.43. The van der Waals surface area contributed by atoms with Crippen molar-refractivity contribution in [2.45, 2.75) is 18.6 Å². The molecule has 0 amide bonds. The number of alkyl halides is 3. The van der Waals surface area contributed by atoms with Crippen LogP contribution in [-0.2, 0) is 0 Å². The average Bonchev–Trinajstić information content (AvgIpc) is 2.14. The van der Waals surface area contributed by atoms with Gasteiger partial charge in [-0.05, 0) is 17.7 Å². The highest BCUT2D eigenvalue weighted by molar-refractivity contribution is 5.90. The van der Waals surface area contributed by atoms with Crippen LogP contribution < -0.4 is 5.73 Å². The fourth-order valence-corrected chi connectivity index (χ4v) is 1.32. The highest BCUT2D eigenvalue weighted by Gasteiger charge is 2.31. The van der Waals surface area contributed by atoms with E-state index in [-0.39, 0.29) is 18.0 Å². The molecule has 0 radical (unpaired) electrons. The maximum absolute atomic E-state index is 12.1. The summed E-state index contributed by atoms with van der Waals surface area (Å²) in [5.74, 6) is -1.94. The number of benzene rings is 1. The molecule has 0 spiro atoms. The van der Waals surface area contributed by atoms with E-state index in [2.05, 4.69) is 0 Å². The summed E-state index contributed by atoms with van der Waals surface area (Å²) < 4.78 is 36.3. The molecule has 0 fully saturated rings. The summed E-state index contributed by atoms with van der Waals surface area (Å²) in [6.07, 6.45) is -5.68. The maximum atomic E-state index is 12.1. The first-order valence-electron chi connectivity index (χ1n) is 4.59. The lowest BCUT2D eigenvalue weighted by Crippen LogP contribution is -2.20. The highest BCUT2D eigenvalue weighted by atomic mass is 35.5. The standard InChI is InChI=1S/C10H10F3NO3.ClH/c11-10(12,13)4-7(14)5-1-2-8(15)6(3-5)9(16)17;/h1-3,7,15H,4,14H2,(H,16,17);1H/t7-;/m0./s1. The van der Waals surface area contributed by atoms with Gasteiger partial charge in [0, 0.05) is 6.04 Å². The Balaban J connectivity index is 0.00000289. The number of hydrogen-bond acceptors (Lipinski definition) is 3. The second kappa shape index (κ2) is 5.92. The van der Waals surface area contributed by atoms with Gasteiger partial charge in [0.2, 0.25) is 0 Å². The van der Waals surface area contributed by atoms with Gasteiger partial charge in [0.25, 0.3) is 0 Å². The quantitative estimate of drug-likeness (QED) is 0.796. The Kier molecular flexibility index (Phi) is 5.44. The monoisotopic (exact) mass is 285 g/mol. The first-order valence-corrected chi connectivity index (χ1v) is 4.59. The van der Waals surface area contributed by atoms with Crippen molar-refractivity contribution in [3.63, 3.8) is 0 Å². The van der Waals surface area contributed by atoms with Gasteiger partial charge in [-0.1, -0.05) is 6.07 Å². The molecular formula is C10H11ClF3NO3. The van der Waals surface area contributed by atoms with Crippen LogP contribution in [0.4, 0.5) is 13.2 Å². The number of hydrogen-bond donors (Lipinski definition) is 3. The van der Waals surface area contributed by atoms with Gasteiger partial charge in [0.1, 0.15) is 11.3 Å². The zero-order valence-electron chi connectivity index (χ0n) is 8.94. The Morgan fingerprint density at radius 3 is 2.39 bits per heavy atom. The summed E-state index contributed by atoms with van der Waals surface area (Å²) in [5.41, 5.74) is 4.85. The van der Waals surface area contributed by atoms with Gasteiger partial charge in [-0.3, -0.25) is 0 Å². The van der Waals surface area contributed by atoms with Gasteiger partial charge in [-0.15, -0.1) is 12.4 Å². The second-order valence-electron chi connectivity index (χ2n) is 3.51. The summed E-state index contributed by atoms with van der Waals surface area (Å²) in [6.45, 7) is 0. The van der Waals surface area contributed by atoms with Crippen molar-refractivity contribution >= 4 is 18.4 Å². The van der Waals surface area contributed by atoms with Crippen LogP contribution in [0.5, 0.6) is 5.75 Å². The largest absolute Gasteiger partial charge is 0.507 e. The van der Waals surface area contributed by atoms with Crippen molar-refractivity contribution in [1.82, 2.24) is 0 Å². The Labute approximate surface area is 107 Å². The van der Waals surface area contributed by atoms with Crippen LogP contribution in [0.15, 0.2) is 18.2 Å². The predicted molar refractivity (Wildman–Crippen MR) is 59.9 cm³/mol. The third-order valence-corrected chi connectivity index (χ3v) is 2.13. The Hall–Kier alpha value is -1.47. The molecular weight excluding hydrogens is 275 g/mol. The molecule has 0 aliphatic rings. The molecule has 0 unspecified atom stereocenters. The van der Waals surface area contributed by atoms with E-state index in [4.69, 9.17) is 10.8 Å². The fraction of sp³-hybridized carbons (Fsp3) is 0.300. The molecule has 0 saturated heterocycles. The first kappa shape index (κ1) is 16.5. The van der Waals surface area contributed by atoms with E-state index in [0.717, 1.165) is 18.2 Å². The molecule has 0 bridgehead atoms. The molecule has 1 aromatic rings. The number of carboxylic acid groups (broad SMARTS) is 1. The topological polar surface area (TPSA) is 83.5 Å². The van der Waals surface area contributed by atoms with E-state index in [1.54, 1.807) is 0 Å². The van der Waals surface area contributed by atoms with E-state index in [9.17, 15) is 23.1 Å². The van der Waals surface area contributed by atoms with E-state index in [1.807, 2.05) is 0 Å². The molecule has 1 aromatic carbocycles. The number of rotatable bonds is 3. The summed E-state index contributed by atoms with van der Waals surface area (Å²) in [7, 11) is 0. The average molecular weight is 286 g/mol. The second-order valence-corrected chi connectivity index (χ2v) is 3.51. The SMILES string of the molecule is Cl.N[C@@H](CC(F)(F)F)c1ccc(O)c(C(=O)O)c1. The maximum Gasteiger partial charge on any atom is 0.390 e. The number of nitrogens with two attached hydrogens (primary N) is 1. The number of aromatic carboxylic acids is 1. The van der Waals surface area contributed by atoms with Crippen LogP contribution >= 0.6 is 12.4 Å². The van der Waals surface area contributed by atoms with Crippen LogP contribution in [0.1, 0.15) is 28.4 Å². The molecule has 0 aliphatic carbocycles. The number of carboxylic acids is 1. The van der Waals surface area contributed by atoms with E-state index in [1.165, 1.54) is 0 Å². The van der Waals surface area contributed by atoms with Crippen molar-refractivity contribution in [3.05, 3.63) is 29.3 Å². The summed E-state index contributed by atoms with van der Waals surface area (Å²) in [4.78, 5) is 10.7. The van der Waals surface area contributed by atoms with Gasteiger partial charge in [-0.25, -0.2) is 4.79 Å². The summed E-state index contributed by atoms with van der Waals surface area (Å²) >= 11 is 0. The van der Waals surface area contributed by atoms with E-state index >= 15 is 0 Å².